The van der Waals surface area contributed by atoms with Crippen molar-refractivity contribution in [2.24, 2.45) is 11.8 Å². The molecule has 0 aromatic rings. The molecule has 0 fully saturated rings. The Morgan fingerprint density at radius 3 is 2.50 bits per heavy atom. The predicted molar refractivity (Wildman–Crippen MR) is 62.6 cm³/mol. The lowest BCUT2D eigenvalue weighted by Crippen LogP contribution is -2.24. The highest BCUT2D eigenvalue weighted by atomic mass is 16.5. The van der Waals surface area contributed by atoms with Crippen LogP contribution in [0.2, 0.25) is 0 Å². The molecule has 0 aromatic carbocycles. The fourth-order valence-corrected chi connectivity index (χ4v) is 1.40. The van der Waals surface area contributed by atoms with Gasteiger partial charge in [0.2, 0.25) is 0 Å². The Hall–Kier alpha value is -0.0800. The van der Waals surface area contributed by atoms with Gasteiger partial charge in [0, 0.05) is 13.2 Å². The smallest absolute Gasteiger partial charge is 0.0591 e. The molecule has 0 heterocycles. The molecule has 1 N–H and O–H groups in total. The molecule has 0 saturated carbocycles. The summed E-state index contributed by atoms with van der Waals surface area (Å²) in [4.78, 5) is 0. The van der Waals surface area contributed by atoms with Crippen LogP contribution in [0.15, 0.2) is 0 Å². The second kappa shape index (κ2) is 9.47. The van der Waals surface area contributed by atoms with E-state index in [1.54, 1.807) is 0 Å². The minimum atomic E-state index is 0.713. The van der Waals surface area contributed by atoms with Crippen LogP contribution in [-0.4, -0.2) is 26.3 Å². The van der Waals surface area contributed by atoms with Crippen molar-refractivity contribution in [2.45, 2.75) is 40.5 Å². The zero-order valence-corrected chi connectivity index (χ0v) is 10.3. The summed E-state index contributed by atoms with van der Waals surface area (Å²) in [5.74, 6) is 1.44. The van der Waals surface area contributed by atoms with Crippen LogP contribution in [0.4, 0.5) is 0 Å². The number of hydrogen-bond acceptors (Lipinski definition) is 2. The molecule has 0 aliphatic carbocycles. The highest BCUT2D eigenvalue weighted by Gasteiger charge is 1.99. The highest BCUT2D eigenvalue weighted by molar-refractivity contribution is 4.52. The van der Waals surface area contributed by atoms with Crippen molar-refractivity contribution in [1.82, 2.24) is 5.32 Å². The number of nitrogens with one attached hydrogen (secondary N) is 1. The second-order valence-electron chi connectivity index (χ2n) is 4.57. The molecule has 0 radical (unpaired) electrons. The topological polar surface area (TPSA) is 21.3 Å². The second-order valence-corrected chi connectivity index (χ2v) is 4.57. The summed E-state index contributed by atoms with van der Waals surface area (Å²) in [6.07, 6.45) is 2.54. The van der Waals surface area contributed by atoms with E-state index in [1.165, 1.54) is 12.8 Å². The summed E-state index contributed by atoms with van der Waals surface area (Å²) in [6.45, 7) is 12.8. The largest absolute Gasteiger partial charge is 0.380 e. The summed E-state index contributed by atoms with van der Waals surface area (Å²) in [5, 5.41) is 3.37. The molecule has 14 heavy (non-hydrogen) atoms. The fraction of sp³-hybridized carbons (Fsp3) is 1.00. The number of hydrogen-bond donors (Lipinski definition) is 1. The van der Waals surface area contributed by atoms with Crippen LogP contribution in [0.1, 0.15) is 40.5 Å². The highest BCUT2D eigenvalue weighted by Crippen LogP contribution is 2.04. The molecule has 1 unspecified atom stereocenters. The summed E-state index contributed by atoms with van der Waals surface area (Å²) in [5.41, 5.74) is 0. The van der Waals surface area contributed by atoms with Gasteiger partial charge < -0.3 is 10.1 Å². The van der Waals surface area contributed by atoms with Crippen molar-refractivity contribution in [3.05, 3.63) is 0 Å². The first-order valence-corrected chi connectivity index (χ1v) is 5.95. The van der Waals surface area contributed by atoms with Gasteiger partial charge in [0.05, 0.1) is 6.61 Å². The van der Waals surface area contributed by atoms with Gasteiger partial charge in [-0.3, -0.25) is 0 Å². The summed E-state index contributed by atoms with van der Waals surface area (Å²) < 4.78 is 5.57. The molecule has 0 bridgehead atoms. The van der Waals surface area contributed by atoms with Crippen LogP contribution < -0.4 is 5.32 Å². The maximum atomic E-state index is 5.57. The van der Waals surface area contributed by atoms with Gasteiger partial charge >= 0.3 is 0 Å². The Morgan fingerprint density at radius 1 is 1.21 bits per heavy atom. The Kier molecular flexibility index (Phi) is 9.42. The fourth-order valence-electron chi connectivity index (χ4n) is 1.40. The Morgan fingerprint density at radius 2 is 1.93 bits per heavy atom. The molecule has 0 saturated heterocycles. The molecule has 0 spiro atoms. The van der Waals surface area contributed by atoms with Crippen molar-refractivity contribution in [3.8, 4) is 0 Å². The van der Waals surface area contributed by atoms with E-state index in [9.17, 15) is 0 Å². The lowest BCUT2D eigenvalue weighted by atomic mass is 10.1. The van der Waals surface area contributed by atoms with E-state index in [-0.39, 0.29) is 0 Å². The Bertz CT molecular complexity index is 115. The van der Waals surface area contributed by atoms with Gasteiger partial charge in [-0.1, -0.05) is 34.1 Å². The van der Waals surface area contributed by atoms with Gasteiger partial charge in [-0.2, -0.15) is 0 Å². The molecule has 0 amide bonds. The van der Waals surface area contributed by atoms with Crippen molar-refractivity contribution >= 4 is 0 Å². The van der Waals surface area contributed by atoms with Crippen molar-refractivity contribution in [2.75, 3.05) is 26.3 Å². The molecular formula is C12H27NO. The van der Waals surface area contributed by atoms with Crippen molar-refractivity contribution in [1.29, 1.82) is 0 Å². The van der Waals surface area contributed by atoms with Crippen molar-refractivity contribution in [3.63, 3.8) is 0 Å². The monoisotopic (exact) mass is 201 g/mol. The molecule has 2 nitrogen and oxygen atoms in total. The number of rotatable bonds is 9. The first kappa shape index (κ1) is 13.9. The zero-order valence-electron chi connectivity index (χ0n) is 10.3. The molecule has 0 aliphatic heterocycles. The maximum absolute atomic E-state index is 5.57. The van der Waals surface area contributed by atoms with E-state index in [1.807, 2.05) is 0 Å². The lowest BCUT2D eigenvalue weighted by molar-refractivity contribution is 0.103. The molecule has 1 atom stereocenters. The molecule has 0 rings (SSSR count). The van der Waals surface area contributed by atoms with Gasteiger partial charge in [-0.05, 0) is 24.8 Å². The van der Waals surface area contributed by atoms with Gasteiger partial charge in [-0.25, -0.2) is 0 Å². The van der Waals surface area contributed by atoms with Gasteiger partial charge in [0.15, 0.2) is 0 Å². The van der Waals surface area contributed by atoms with E-state index in [0.29, 0.717) is 5.92 Å². The first-order valence-electron chi connectivity index (χ1n) is 5.95. The van der Waals surface area contributed by atoms with E-state index in [0.717, 1.165) is 32.2 Å². The molecule has 86 valence electrons. The van der Waals surface area contributed by atoms with Crippen LogP contribution in [0.25, 0.3) is 0 Å². The summed E-state index contributed by atoms with van der Waals surface area (Å²) in [6, 6.07) is 0. The third-order valence-electron chi connectivity index (χ3n) is 2.16. The Labute approximate surface area is 89.4 Å². The summed E-state index contributed by atoms with van der Waals surface area (Å²) >= 11 is 0. The Balaban J connectivity index is 3.05. The van der Waals surface area contributed by atoms with Crippen LogP contribution >= 0.6 is 0 Å². The van der Waals surface area contributed by atoms with Crippen LogP contribution in [-0.2, 0) is 4.74 Å². The molecule has 2 heteroatoms. The zero-order chi connectivity index (χ0) is 10.8. The maximum Gasteiger partial charge on any atom is 0.0591 e. The third kappa shape index (κ3) is 10.0. The van der Waals surface area contributed by atoms with E-state index in [2.05, 4.69) is 33.0 Å². The standard InChI is InChI=1S/C12H27NO/c1-5-6-12(4)10-14-8-7-13-9-11(2)3/h11-13H,5-10H2,1-4H3. The molecular weight excluding hydrogens is 174 g/mol. The van der Waals surface area contributed by atoms with Crippen molar-refractivity contribution < 1.29 is 4.74 Å². The van der Waals surface area contributed by atoms with Crippen LogP contribution in [0.5, 0.6) is 0 Å². The SMILES string of the molecule is CCCC(C)COCCNCC(C)C. The third-order valence-corrected chi connectivity index (χ3v) is 2.16. The van der Waals surface area contributed by atoms with Crippen LogP contribution in [0, 0.1) is 11.8 Å². The van der Waals surface area contributed by atoms with Gasteiger partial charge in [0.1, 0.15) is 0 Å². The average molecular weight is 201 g/mol. The van der Waals surface area contributed by atoms with E-state index >= 15 is 0 Å². The quantitative estimate of drug-likeness (QED) is 0.579. The number of ether oxygens (including phenoxy) is 1. The molecule has 0 aromatic heterocycles. The lowest BCUT2D eigenvalue weighted by Gasteiger charge is -2.11. The predicted octanol–water partition coefficient (Wildman–Crippen LogP) is 2.68. The van der Waals surface area contributed by atoms with Gasteiger partial charge in [0.25, 0.3) is 0 Å². The minimum absolute atomic E-state index is 0.713. The molecule has 0 aliphatic rings. The first-order chi connectivity index (χ1) is 6.66. The minimum Gasteiger partial charge on any atom is -0.380 e. The van der Waals surface area contributed by atoms with E-state index in [4.69, 9.17) is 4.74 Å². The normalized spacial score (nSPS) is 13.5. The van der Waals surface area contributed by atoms with Crippen LogP contribution in [0.3, 0.4) is 0 Å². The summed E-state index contributed by atoms with van der Waals surface area (Å²) in [7, 11) is 0. The van der Waals surface area contributed by atoms with E-state index < -0.39 is 0 Å². The van der Waals surface area contributed by atoms with Gasteiger partial charge in [-0.15, -0.1) is 0 Å². The average Bonchev–Trinajstić information content (AvgIpc) is 2.11.